The van der Waals surface area contributed by atoms with Gasteiger partial charge in [0.2, 0.25) is 7.57 Å². The van der Waals surface area contributed by atoms with Gasteiger partial charge >= 0.3 is 34.9 Å². The Bertz CT molecular complexity index is 2450. The normalized spacial score (nSPS) is 38.8. The smallest absolute Gasteiger partial charge is 0.394 e. The maximum atomic E-state index is 10.7. The summed E-state index contributed by atoms with van der Waals surface area (Å²) in [5.41, 5.74) is 0. The Morgan fingerprint density at radius 3 is 0.960 bits per heavy atom. The number of nitrogens with one attached hydrogen (secondary N) is 2. The van der Waals surface area contributed by atoms with Crippen molar-refractivity contribution in [3.05, 3.63) is 0 Å². The van der Waals surface area contributed by atoms with Gasteiger partial charge in [-0.1, -0.05) is 0 Å². The molecule has 0 aromatic rings. The summed E-state index contributed by atoms with van der Waals surface area (Å²) in [7, 11) is -7.89. The van der Waals surface area contributed by atoms with Crippen molar-refractivity contribution in [1.82, 2.24) is 10.2 Å². The quantitative estimate of drug-likeness (QED) is 0.0375. The lowest BCUT2D eigenvalue weighted by atomic mass is 10.1. The van der Waals surface area contributed by atoms with Crippen LogP contribution in [0.3, 0.4) is 0 Å². The van der Waals surface area contributed by atoms with Crippen molar-refractivity contribution in [1.29, 1.82) is 0 Å². The second-order valence-corrected chi connectivity index (χ2v) is 39.5. The van der Waals surface area contributed by atoms with Crippen LogP contribution in [-0.4, -0.2) is 367 Å². The number of carbonyl (C=O) groups excluding carboxylic acids is 2. The predicted molar refractivity (Wildman–Crippen MR) is 357 cm³/mol. The number of hydrogen-bond acceptors (Lipinski definition) is 34. The average molecular weight is 1690 g/mol. The third-order valence-corrected chi connectivity index (χ3v) is 20.1. The molecule has 9 unspecified atom stereocenters. The van der Waals surface area contributed by atoms with Gasteiger partial charge in [-0.25, -0.2) is 14.7 Å². The molecule has 0 bridgehead atoms. The first-order valence-electron chi connectivity index (χ1n) is 29.5. The van der Waals surface area contributed by atoms with E-state index in [2.05, 4.69) is 54.1 Å². The molecule has 28 N–H and O–H groups in total. The summed E-state index contributed by atoms with van der Waals surface area (Å²) in [6.07, 6.45) is -20.5. The lowest BCUT2D eigenvalue weighted by Crippen LogP contribution is -2.44. The highest BCUT2D eigenvalue weighted by Crippen LogP contribution is 2.45. The minimum absolute atomic E-state index is 0.0485. The van der Waals surface area contributed by atoms with Gasteiger partial charge in [0.1, 0.15) is 85.5 Å². The van der Waals surface area contributed by atoms with Gasteiger partial charge in [0.25, 0.3) is 14.1 Å². The topological polar surface area (TPSA) is 737 Å². The van der Waals surface area contributed by atoms with Crippen LogP contribution >= 0.6 is 49.4 Å². The fourth-order valence-electron chi connectivity index (χ4n) is 9.79. The first-order valence-corrected chi connectivity index (χ1v) is 45.6. The molecule has 56 heteroatoms. The summed E-state index contributed by atoms with van der Waals surface area (Å²) in [6, 6.07) is -1.69. The Labute approximate surface area is 600 Å². The largest absolute Gasteiger partial charge is 0.400 e. The Morgan fingerprint density at radius 1 is 0.406 bits per heavy atom. The van der Waals surface area contributed by atoms with Crippen LogP contribution < -0.4 is 10.2 Å². The molecule has 2 radical (unpaired) electrons. The van der Waals surface area contributed by atoms with Crippen molar-refractivity contribution >= 4 is 110 Å². The van der Waals surface area contributed by atoms with E-state index in [1.807, 2.05) is 5.09 Å². The molecule has 0 spiro atoms. The molecule has 0 aromatic heterocycles. The zero-order chi connectivity index (χ0) is 79.2. The van der Waals surface area contributed by atoms with E-state index in [9.17, 15) is 64.5 Å². The van der Waals surface area contributed by atoms with Crippen LogP contribution in [0.1, 0.15) is 54.9 Å². The van der Waals surface area contributed by atoms with Gasteiger partial charge in [0, 0.05) is 6.66 Å². The molecule has 0 saturated carbocycles. The molecule has 7 aliphatic rings. The summed E-state index contributed by atoms with van der Waals surface area (Å²) in [5, 5.41) is 134. The average Bonchev–Trinajstić information content (AvgIpc) is 1.73. The van der Waals surface area contributed by atoms with Crippen LogP contribution in [-0.2, 0) is 122 Å². The lowest BCUT2D eigenvalue weighted by Gasteiger charge is -2.22. The van der Waals surface area contributed by atoms with Crippen molar-refractivity contribution in [3.63, 3.8) is 0 Å². The molecule has 7 saturated heterocycles. The van der Waals surface area contributed by atoms with Crippen LogP contribution in [0.5, 0.6) is 0 Å². The molecular weight excluding hydrogens is 1600 g/mol. The third kappa shape index (κ3) is 38.8. The van der Waals surface area contributed by atoms with Gasteiger partial charge in [-0.3, -0.25) is 13.7 Å². The predicted octanol–water partition coefficient (Wildman–Crippen LogP) is -9.38. The molecule has 7 rings (SSSR count). The highest BCUT2D eigenvalue weighted by molar-refractivity contribution is 8.09. The first kappa shape index (κ1) is 102. The third-order valence-electron chi connectivity index (χ3n) is 14.7. The number of aliphatic hydroxyl groups excluding tert-OH is 14. The molecular formula is C45H96BN2O42P7S4. The Hall–Kier alpha value is 1.17. The van der Waals surface area contributed by atoms with Crippen LogP contribution in [0.4, 0.5) is 0 Å². The second-order valence-electron chi connectivity index (χ2n) is 23.0. The van der Waals surface area contributed by atoms with Crippen LogP contribution in [0.15, 0.2) is 0 Å². The Balaban J connectivity index is 0.00000115. The van der Waals surface area contributed by atoms with E-state index in [4.69, 9.17) is 146 Å². The zero-order valence-corrected chi connectivity index (χ0v) is 64.4. The minimum Gasteiger partial charge on any atom is -0.394 e. The van der Waals surface area contributed by atoms with E-state index in [1.165, 1.54) is 6.66 Å². The van der Waals surface area contributed by atoms with Crippen molar-refractivity contribution in [2.24, 2.45) is 0 Å². The van der Waals surface area contributed by atoms with Crippen molar-refractivity contribution in [3.8, 4) is 0 Å². The number of aliphatic hydroxyl groups is 14. The lowest BCUT2D eigenvalue weighted by molar-refractivity contribution is -0.191. The van der Waals surface area contributed by atoms with Crippen LogP contribution in [0, 0.1) is 0 Å². The summed E-state index contributed by atoms with van der Waals surface area (Å²) in [5.74, 6) is 0. The SMILES string of the molecule is C[C@@H]1O[C@H](CCP(=O)(O)O)[C@H](O)C1O.C[C@@H]1O[C@H](CO)[C@H](NP(=O)(O)O)C1O.C[C@@H]1O[C@H](CO)[C@H](NP(O)(O)=S)C1O.C[C@@H]1O[C@H](CO)[C@H](OP(C)(O)=S)C1O.C[C@@H]1O[C@H](CO)[C@H](OP(O)(O)=S)C1O.C[C@@H]1O[C@H](COP(O)(O)=S)[C@H](O)C1O.O=C=O.[B]P(=O)(O)O[C@@H]1C(O)[C@H](C)O[C@@H]1CO. The molecule has 30 atom stereocenters. The fourth-order valence-corrected chi connectivity index (χ4v) is 15.2. The van der Waals surface area contributed by atoms with Gasteiger partial charge in [0.15, 0.2) is 6.49 Å². The van der Waals surface area contributed by atoms with E-state index >= 15 is 0 Å². The Morgan fingerprint density at radius 2 is 0.693 bits per heavy atom. The molecule has 101 heavy (non-hydrogen) atoms. The zero-order valence-electron chi connectivity index (χ0n) is 54.8. The highest BCUT2D eigenvalue weighted by Gasteiger charge is 2.49. The summed E-state index contributed by atoms with van der Waals surface area (Å²) in [6.45, 7) is -3.40. The molecule has 600 valence electrons. The molecule has 0 aliphatic carbocycles. The number of rotatable bonds is 21. The fraction of sp³-hybridized carbons (Fsp3) is 0.978. The summed E-state index contributed by atoms with van der Waals surface area (Å²) >= 11 is 17.6. The van der Waals surface area contributed by atoms with Gasteiger partial charge in [0.05, 0.1) is 131 Å². The monoisotopic (exact) mass is 1690 g/mol. The summed E-state index contributed by atoms with van der Waals surface area (Å²) in [4.78, 5) is 122. The van der Waals surface area contributed by atoms with E-state index in [1.54, 1.807) is 48.5 Å². The first-order chi connectivity index (χ1) is 45.8. The van der Waals surface area contributed by atoms with E-state index in [-0.39, 0.29) is 45.2 Å². The van der Waals surface area contributed by atoms with Gasteiger partial charge in [-0.05, 0) is 102 Å². The number of hydrogen-bond donors (Lipinski definition) is 28. The van der Waals surface area contributed by atoms with E-state index in [0.29, 0.717) is 0 Å². The van der Waals surface area contributed by atoms with Gasteiger partial charge in [-0.2, -0.15) is 9.59 Å². The molecule has 0 aromatic carbocycles. The van der Waals surface area contributed by atoms with Crippen molar-refractivity contribution < 1.29 is 205 Å². The van der Waals surface area contributed by atoms with Gasteiger partial charge < -0.3 is 177 Å². The van der Waals surface area contributed by atoms with Crippen molar-refractivity contribution in [2.45, 2.75) is 226 Å². The molecule has 0 amide bonds. The molecule has 7 aliphatic heterocycles. The van der Waals surface area contributed by atoms with Crippen LogP contribution in [0.2, 0.25) is 0 Å². The second kappa shape index (κ2) is 45.6. The maximum absolute atomic E-state index is 10.7. The molecule has 7 fully saturated rings. The highest BCUT2D eigenvalue weighted by atomic mass is 32.5. The molecule has 44 nitrogen and oxygen atoms in total. The number of ether oxygens (including phenoxy) is 7. The molecule has 7 heterocycles. The van der Waals surface area contributed by atoms with Gasteiger partial charge in [-0.15, -0.1) is 0 Å². The van der Waals surface area contributed by atoms with Crippen molar-refractivity contribution in [2.75, 3.05) is 52.5 Å². The van der Waals surface area contributed by atoms with E-state index in [0.717, 1.165) is 0 Å². The Kier molecular flexibility index (Phi) is 46.2. The van der Waals surface area contributed by atoms with E-state index < -0.39 is 233 Å². The van der Waals surface area contributed by atoms with Crippen LogP contribution in [0.25, 0.3) is 0 Å². The standard InChI is InChI=1S/C7H15O6P.C7H15O5PS.C6H12BO6P.C6H14NO6P.C6H14NO5PS.2C6H13O6PS.CO2/c1-4-6(8)7(9)5(13-4)2-3-14(10,11)12;1-4-6(9)7(5(3-8)11-4)12-13(2,10)14;1-3-5(9)6(4(2-8)12-3)13-14(7,10)11;1-3-6(9)5(4(2-8)13-3)7-14(10,11)12;1-3-6(9)5(4(2-8)12-3)7-13(10,11)14;1-3-5(7)6(8)4(12-3)2-11-13(9,10)14;1-3-5(8)6(4(2-7)11-3)12-13(9,10)14;2-1-3/h4-9H,2-3H2,1H3,(H2,10,11,12);4-9H,3H2,1-2H3,(H,10,14);3-6,8-9H,2H2,1H3,(H,10,11);3-6,8-9H,2H2,1H3,(H3,7,10,11,12);3-6,8-9H,2H2,1H3,(H3,7,10,11,14);2*3-8H,2H2,1H3,(H2,9,10,14);/t4-,5+,6?,7-;4-,5+,6?,7-,13?;3-,4+,5?,6-;2*3-,4+,5-,6?;2*3-,4+,5?,6-;/m0000000./s1. The summed E-state index contributed by atoms with van der Waals surface area (Å²) < 4.78 is 86.7. The minimum atomic E-state index is -4.43. The maximum Gasteiger partial charge on any atom is 0.400 e.